The zero-order valence-electron chi connectivity index (χ0n) is 7.27. The van der Waals surface area contributed by atoms with Gasteiger partial charge in [-0.2, -0.15) is 0 Å². The molecule has 0 N–H and O–H groups in total. The van der Waals surface area contributed by atoms with Gasteiger partial charge in [-0.15, -0.1) is 12.6 Å². The second-order valence-electron chi connectivity index (χ2n) is 3.05. The summed E-state index contributed by atoms with van der Waals surface area (Å²) in [5, 5.41) is 0. The molecule has 0 saturated carbocycles. The SMILES string of the molecule is SC1(c2ccccc2)COCCO1. The van der Waals surface area contributed by atoms with Gasteiger partial charge in [-0.3, -0.25) is 0 Å². The molecule has 1 aliphatic rings. The van der Waals surface area contributed by atoms with Crippen LogP contribution >= 0.6 is 12.6 Å². The van der Waals surface area contributed by atoms with Crippen LogP contribution in [0.3, 0.4) is 0 Å². The second-order valence-corrected chi connectivity index (χ2v) is 3.77. The van der Waals surface area contributed by atoms with Gasteiger partial charge in [0, 0.05) is 0 Å². The molecule has 1 fully saturated rings. The fourth-order valence-corrected chi connectivity index (χ4v) is 1.72. The first-order chi connectivity index (χ1) is 6.31. The Morgan fingerprint density at radius 3 is 2.54 bits per heavy atom. The normalized spacial score (nSPS) is 28.7. The lowest BCUT2D eigenvalue weighted by atomic mass is 10.1. The molecule has 1 unspecified atom stereocenters. The average Bonchev–Trinajstić information content (AvgIpc) is 2.20. The van der Waals surface area contributed by atoms with Crippen LogP contribution in [0.4, 0.5) is 0 Å². The topological polar surface area (TPSA) is 18.5 Å². The predicted octanol–water partition coefficient (Wildman–Crippen LogP) is 1.82. The van der Waals surface area contributed by atoms with Gasteiger partial charge in [0.1, 0.15) is 0 Å². The summed E-state index contributed by atoms with van der Waals surface area (Å²) in [5.74, 6) is 0. The Bertz CT molecular complexity index is 268. The van der Waals surface area contributed by atoms with Crippen LogP contribution in [0.1, 0.15) is 5.56 Å². The van der Waals surface area contributed by atoms with Crippen molar-refractivity contribution in [2.75, 3.05) is 19.8 Å². The highest BCUT2D eigenvalue weighted by atomic mass is 32.1. The van der Waals surface area contributed by atoms with Gasteiger partial charge in [-0.25, -0.2) is 0 Å². The fraction of sp³-hybridized carbons (Fsp3) is 0.400. The summed E-state index contributed by atoms with van der Waals surface area (Å²) >= 11 is 4.49. The van der Waals surface area contributed by atoms with E-state index in [1.807, 2.05) is 30.3 Å². The van der Waals surface area contributed by atoms with Crippen molar-refractivity contribution in [2.24, 2.45) is 0 Å². The summed E-state index contributed by atoms with van der Waals surface area (Å²) in [6.45, 7) is 1.79. The largest absolute Gasteiger partial charge is 0.375 e. The Hall–Kier alpha value is -0.510. The highest BCUT2D eigenvalue weighted by Crippen LogP contribution is 2.32. The Labute approximate surface area is 83.3 Å². The standard InChI is InChI=1S/C10H12O2S/c13-10(8-11-6-7-12-10)9-4-2-1-3-5-9/h1-5,13H,6-8H2. The maximum absolute atomic E-state index is 5.59. The number of hydrogen-bond donors (Lipinski definition) is 1. The summed E-state index contributed by atoms with van der Waals surface area (Å²) in [5.41, 5.74) is 1.05. The molecule has 3 heteroatoms. The molecule has 1 heterocycles. The maximum atomic E-state index is 5.59. The molecule has 1 aromatic carbocycles. The summed E-state index contributed by atoms with van der Waals surface area (Å²) in [6, 6.07) is 9.93. The van der Waals surface area contributed by atoms with Crippen molar-refractivity contribution < 1.29 is 9.47 Å². The Kier molecular flexibility index (Phi) is 2.58. The molecule has 2 nitrogen and oxygen atoms in total. The van der Waals surface area contributed by atoms with E-state index in [-0.39, 0.29) is 0 Å². The predicted molar refractivity (Wildman–Crippen MR) is 53.9 cm³/mol. The lowest BCUT2D eigenvalue weighted by molar-refractivity contribution is -0.110. The van der Waals surface area contributed by atoms with E-state index in [0.29, 0.717) is 19.8 Å². The molecule has 0 spiro atoms. The molecular weight excluding hydrogens is 184 g/mol. The maximum Gasteiger partial charge on any atom is 0.159 e. The molecule has 0 aliphatic carbocycles. The minimum absolute atomic E-state index is 0.514. The smallest absolute Gasteiger partial charge is 0.159 e. The minimum Gasteiger partial charge on any atom is -0.375 e. The van der Waals surface area contributed by atoms with E-state index in [9.17, 15) is 0 Å². The quantitative estimate of drug-likeness (QED) is 0.691. The van der Waals surface area contributed by atoms with E-state index in [1.165, 1.54) is 0 Å². The molecule has 1 aromatic rings. The van der Waals surface area contributed by atoms with Crippen LogP contribution in [0, 0.1) is 0 Å². The Morgan fingerprint density at radius 2 is 1.92 bits per heavy atom. The van der Waals surface area contributed by atoms with Crippen LogP contribution in [0.25, 0.3) is 0 Å². The number of hydrogen-bond acceptors (Lipinski definition) is 3. The van der Waals surface area contributed by atoms with Crippen molar-refractivity contribution in [3.8, 4) is 0 Å². The first kappa shape index (κ1) is 9.06. The van der Waals surface area contributed by atoms with Gasteiger partial charge in [0.25, 0.3) is 0 Å². The van der Waals surface area contributed by atoms with E-state index in [2.05, 4.69) is 12.6 Å². The number of benzene rings is 1. The summed E-state index contributed by atoms with van der Waals surface area (Å²) in [7, 11) is 0. The van der Waals surface area contributed by atoms with Gasteiger partial charge in [-0.05, 0) is 5.56 Å². The molecule has 0 aromatic heterocycles. The minimum atomic E-state index is -0.556. The van der Waals surface area contributed by atoms with Crippen molar-refractivity contribution >= 4 is 12.6 Å². The number of thiol groups is 1. The van der Waals surface area contributed by atoms with Crippen molar-refractivity contribution in [1.29, 1.82) is 0 Å². The van der Waals surface area contributed by atoms with Crippen LogP contribution in [0.15, 0.2) is 30.3 Å². The van der Waals surface area contributed by atoms with Crippen molar-refractivity contribution in [3.63, 3.8) is 0 Å². The lowest BCUT2D eigenvalue weighted by Crippen LogP contribution is -2.35. The van der Waals surface area contributed by atoms with E-state index < -0.39 is 4.93 Å². The van der Waals surface area contributed by atoms with Gasteiger partial charge in [0.05, 0.1) is 19.8 Å². The number of rotatable bonds is 1. The highest BCUT2D eigenvalue weighted by Gasteiger charge is 2.31. The monoisotopic (exact) mass is 196 g/mol. The van der Waals surface area contributed by atoms with Gasteiger partial charge >= 0.3 is 0 Å². The molecule has 1 aliphatic heterocycles. The zero-order valence-corrected chi connectivity index (χ0v) is 8.17. The van der Waals surface area contributed by atoms with Crippen molar-refractivity contribution in [3.05, 3.63) is 35.9 Å². The van der Waals surface area contributed by atoms with Gasteiger partial charge < -0.3 is 9.47 Å². The van der Waals surface area contributed by atoms with E-state index in [0.717, 1.165) is 5.56 Å². The van der Waals surface area contributed by atoms with E-state index >= 15 is 0 Å². The van der Waals surface area contributed by atoms with Gasteiger partial charge in [0.15, 0.2) is 4.93 Å². The molecule has 0 bridgehead atoms. The third kappa shape index (κ3) is 1.88. The van der Waals surface area contributed by atoms with Gasteiger partial charge in [0.2, 0.25) is 0 Å². The van der Waals surface area contributed by atoms with Gasteiger partial charge in [-0.1, -0.05) is 30.3 Å². The third-order valence-corrected chi connectivity index (χ3v) is 2.61. The van der Waals surface area contributed by atoms with E-state index in [1.54, 1.807) is 0 Å². The molecule has 1 saturated heterocycles. The first-order valence-corrected chi connectivity index (χ1v) is 4.76. The molecule has 2 rings (SSSR count). The lowest BCUT2D eigenvalue weighted by Gasteiger charge is -2.32. The van der Waals surface area contributed by atoms with Crippen LogP contribution in [-0.2, 0) is 14.4 Å². The summed E-state index contributed by atoms with van der Waals surface area (Å²) in [6.07, 6.45) is 0. The average molecular weight is 196 g/mol. The Morgan fingerprint density at radius 1 is 1.15 bits per heavy atom. The van der Waals surface area contributed by atoms with Crippen LogP contribution in [0.2, 0.25) is 0 Å². The molecule has 0 radical (unpaired) electrons. The number of ether oxygens (including phenoxy) is 2. The second kappa shape index (κ2) is 3.70. The summed E-state index contributed by atoms with van der Waals surface area (Å²) < 4.78 is 10.9. The van der Waals surface area contributed by atoms with Crippen LogP contribution in [-0.4, -0.2) is 19.8 Å². The first-order valence-electron chi connectivity index (χ1n) is 4.31. The fourth-order valence-electron chi connectivity index (χ4n) is 1.39. The third-order valence-electron chi connectivity index (χ3n) is 2.09. The van der Waals surface area contributed by atoms with Crippen LogP contribution < -0.4 is 0 Å². The molecule has 13 heavy (non-hydrogen) atoms. The van der Waals surface area contributed by atoms with Crippen LogP contribution in [0.5, 0.6) is 0 Å². The van der Waals surface area contributed by atoms with E-state index in [4.69, 9.17) is 9.47 Å². The molecular formula is C10H12O2S. The van der Waals surface area contributed by atoms with Crippen molar-refractivity contribution in [2.45, 2.75) is 4.93 Å². The molecule has 1 atom stereocenters. The molecule has 0 amide bonds. The molecule has 70 valence electrons. The highest BCUT2D eigenvalue weighted by molar-refractivity contribution is 7.81. The Balaban J connectivity index is 2.23. The zero-order chi connectivity index (χ0) is 9.15. The summed E-state index contributed by atoms with van der Waals surface area (Å²) in [4.78, 5) is -0.556. The van der Waals surface area contributed by atoms with Crippen molar-refractivity contribution in [1.82, 2.24) is 0 Å².